The first-order valence-corrected chi connectivity index (χ1v) is 11.1. The first-order chi connectivity index (χ1) is 15.9. The van der Waals surface area contributed by atoms with Crippen LogP contribution in [0.3, 0.4) is 0 Å². The van der Waals surface area contributed by atoms with Crippen molar-refractivity contribution >= 4 is 0 Å². The van der Waals surface area contributed by atoms with Crippen molar-refractivity contribution in [3.8, 4) is 23.3 Å². The number of nitrogens with zero attached hydrogens (tertiary/aromatic N) is 2. The molecular formula is C31H24N2. The monoisotopic (exact) mass is 424 g/mol. The molecule has 0 heterocycles. The van der Waals surface area contributed by atoms with Gasteiger partial charge in [-0.05, 0) is 96.5 Å². The van der Waals surface area contributed by atoms with Crippen LogP contribution in [0.15, 0.2) is 72.8 Å². The maximum atomic E-state index is 9.80. The van der Waals surface area contributed by atoms with E-state index in [2.05, 4.69) is 74.5 Å². The Bertz CT molecular complexity index is 1410. The van der Waals surface area contributed by atoms with Crippen LogP contribution in [-0.2, 0) is 5.41 Å². The molecule has 0 amide bonds. The number of fused-ring (bicyclic) bond motifs is 3. The minimum Gasteiger partial charge on any atom is -0.192 e. The zero-order valence-electron chi connectivity index (χ0n) is 19.3. The molecule has 0 aliphatic heterocycles. The number of rotatable bonds is 2. The maximum Gasteiger partial charge on any atom is 0.0991 e. The van der Waals surface area contributed by atoms with Crippen LogP contribution in [0, 0.1) is 50.4 Å². The molecule has 33 heavy (non-hydrogen) atoms. The van der Waals surface area contributed by atoms with Gasteiger partial charge in [0.05, 0.1) is 28.7 Å². The smallest absolute Gasteiger partial charge is 0.0991 e. The van der Waals surface area contributed by atoms with E-state index in [1.165, 1.54) is 33.4 Å². The minimum atomic E-state index is -0.613. The second-order valence-corrected chi connectivity index (χ2v) is 9.25. The molecule has 2 nitrogen and oxygen atoms in total. The lowest BCUT2D eigenvalue weighted by molar-refractivity contribution is 0.763. The molecule has 0 bridgehead atoms. The van der Waals surface area contributed by atoms with E-state index in [-0.39, 0.29) is 0 Å². The molecule has 0 saturated heterocycles. The number of aryl methyl sites for hydroxylation is 4. The molecule has 0 aromatic heterocycles. The van der Waals surface area contributed by atoms with Gasteiger partial charge in [-0.15, -0.1) is 0 Å². The first kappa shape index (κ1) is 20.7. The van der Waals surface area contributed by atoms with Crippen molar-refractivity contribution in [1.29, 1.82) is 10.5 Å². The zero-order valence-corrected chi connectivity index (χ0v) is 19.3. The summed E-state index contributed by atoms with van der Waals surface area (Å²) >= 11 is 0. The summed E-state index contributed by atoms with van der Waals surface area (Å²) in [4.78, 5) is 0. The molecule has 0 spiro atoms. The third kappa shape index (κ3) is 3.07. The molecule has 0 N–H and O–H groups in total. The van der Waals surface area contributed by atoms with E-state index >= 15 is 0 Å². The highest BCUT2D eigenvalue weighted by molar-refractivity contribution is 5.87. The van der Waals surface area contributed by atoms with Crippen LogP contribution < -0.4 is 0 Å². The molecule has 0 saturated carbocycles. The molecule has 4 aromatic carbocycles. The fourth-order valence-electron chi connectivity index (χ4n) is 5.47. The maximum absolute atomic E-state index is 9.80. The molecule has 158 valence electrons. The average Bonchev–Trinajstić information content (AvgIpc) is 3.07. The summed E-state index contributed by atoms with van der Waals surface area (Å²) in [5.74, 6) is 0. The van der Waals surface area contributed by atoms with E-state index in [1.807, 2.05) is 38.1 Å². The molecule has 5 rings (SSSR count). The standard InChI is InChI=1S/C31H24N2/c1-19-5-7-27-28-8-6-20(2)14-30(28)31(29(27)13-19,25-11-21(3)9-23(15-25)17-32)26-12-22(4)10-24(16-26)18-33/h5-16H,1-4H3. The largest absolute Gasteiger partial charge is 0.192 e. The molecule has 1 aliphatic carbocycles. The van der Waals surface area contributed by atoms with Crippen molar-refractivity contribution in [2.75, 3.05) is 0 Å². The summed E-state index contributed by atoms with van der Waals surface area (Å²) in [6, 6.07) is 30.3. The molecule has 1 aliphatic rings. The van der Waals surface area contributed by atoms with Gasteiger partial charge in [0.1, 0.15) is 0 Å². The second-order valence-electron chi connectivity index (χ2n) is 9.25. The van der Waals surface area contributed by atoms with Crippen molar-refractivity contribution in [1.82, 2.24) is 0 Å². The lowest BCUT2D eigenvalue weighted by Crippen LogP contribution is -2.29. The van der Waals surface area contributed by atoms with Gasteiger partial charge in [-0.1, -0.05) is 59.7 Å². The third-order valence-corrected chi connectivity index (χ3v) is 6.73. The zero-order chi connectivity index (χ0) is 23.3. The van der Waals surface area contributed by atoms with Gasteiger partial charge in [0.15, 0.2) is 0 Å². The van der Waals surface area contributed by atoms with Crippen LogP contribution in [-0.4, -0.2) is 0 Å². The lowest BCUT2D eigenvalue weighted by atomic mass is 9.66. The van der Waals surface area contributed by atoms with Crippen molar-refractivity contribution in [3.63, 3.8) is 0 Å². The Morgan fingerprint density at radius 1 is 0.515 bits per heavy atom. The summed E-state index contributed by atoms with van der Waals surface area (Å²) in [5, 5.41) is 19.6. The second kappa shape index (κ2) is 7.47. The van der Waals surface area contributed by atoms with E-state index in [0.29, 0.717) is 11.1 Å². The van der Waals surface area contributed by atoms with Gasteiger partial charge in [-0.25, -0.2) is 0 Å². The van der Waals surface area contributed by atoms with Gasteiger partial charge >= 0.3 is 0 Å². The van der Waals surface area contributed by atoms with Gasteiger partial charge in [0.2, 0.25) is 0 Å². The van der Waals surface area contributed by atoms with E-state index in [1.54, 1.807) is 0 Å². The summed E-state index contributed by atoms with van der Waals surface area (Å²) < 4.78 is 0. The fraction of sp³-hybridized carbons (Fsp3) is 0.161. The Balaban J connectivity index is 2.04. The first-order valence-electron chi connectivity index (χ1n) is 11.1. The highest BCUT2D eigenvalue weighted by Crippen LogP contribution is 2.56. The van der Waals surface area contributed by atoms with Gasteiger partial charge in [0.25, 0.3) is 0 Å². The Hall–Kier alpha value is -4.14. The highest BCUT2D eigenvalue weighted by Gasteiger charge is 2.46. The Kier molecular flexibility index (Phi) is 4.70. The van der Waals surface area contributed by atoms with Crippen LogP contribution in [0.2, 0.25) is 0 Å². The van der Waals surface area contributed by atoms with E-state index in [4.69, 9.17) is 0 Å². The summed E-state index contributed by atoms with van der Waals surface area (Å²) in [5.41, 5.74) is 12.1. The van der Waals surface area contributed by atoms with Crippen molar-refractivity contribution in [2.24, 2.45) is 0 Å². The van der Waals surface area contributed by atoms with Gasteiger partial charge in [0, 0.05) is 0 Å². The molecular weight excluding hydrogens is 400 g/mol. The van der Waals surface area contributed by atoms with E-state index in [0.717, 1.165) is 22.3 Å². The Morgan fingerprint density at radius 3 is 1.33 bits per heavy atom. The van der Waals surface area contributed by atoms with Gasteiger partial charge < -0.3 is 0 Å². The van der Waals surface area contributed by atoms with Crippen molar-refractivity contribution in [2.45, 2.75) is 33.1 Å². The van der Waals surface area contributed by atoms with Crippen LogP contribution in [0.25, 0.3) is 11.1 Å². The van der Waals surface area contributed by atoms with Crippen molar-refractivity contribution in [3.05, 3.63) is 128 Å². The van der Waals surface area contributed by atoms with Crippen LogP contribution in [0.1, 0.15) is 55.6 Å². The fourth-order valence-corrected chi connectivity index (χ4v) is 5.47. The predicted molar refractivity (Wildman–Crippen MR) is 132 cm³/mol. The van der Waals surface area contributed by atoms with Gasteiger partial charge in [-0.2, -0.15) is 10.5 Å². The number of nitriles is 2. The van der Waals surface area contributed by atoms with Crippen LogP contribution in [0.4, 0.5) is 0 Å². The van der Waals surface area contributed by atoms with Crippen molar-refractivity contribution < 1.29 is 0 Å². The SMILES string of the molecule is Cc1cc(C#N)cc(C2(c3cc(C)cc(C#N)c3)c3cc(C)ccc3-c3ccc(C)cc32)c1. The van der Waals surface area contributed by atoms with E-state index in [9.17, 15) is 10.5 Å². The summed E-state index contributed by atoms with van der Waals surface area (Å²) in [6.45, 7) is 8.32. The van der Waals surface area contributed by atoms with Crippen LogP contribution >= 0.6 is 0 Å². The van der Waals surface area contributed by atoms with E-state index < -0.39 is 5.41 Å². The molecule has 0 fully saturated rings. The summed E-state index contributed by atoms with van der Waals surface area (Å²) in [7, 11) is 0. The van der Waals surface area contributed by atoms with Crippen LogP contribution in [0.5, 0.6) is 0 Å². The predicted octanol–water partition coefficient (Wildman–Crippen LogP) is 7.03. The normalized spacial score (nSPS) is 13.0. The lowest BCUT2D eigenvalue weighted by Gasteiger charge is -2.35. The molecule has 4 aromatic rings. The Morgan fingerprint density at radius 2 is 0.939 bits per heavy atom. The number of benzene rings is 4. The molecule has 2 heteroatoms. The molecule has 0 atom stereocenters. The average molecular weight is 425 g/mol. The molecule has 0 unspecified atom stereocenters. The quantitative estimate of drug-likeness (QED) is 0.305. The van der Waals surface area contributed by atoms with Gasteiger partial charge in [-0.3, -0.25) is 0 Å². The number of hydrogen-bond acceptors (Lipinski definition) is 2. The minimum absolute atomic E-state index is 0.613. The third-order valence-electron chi connectivity index (χ3n) is 6.73. The Labute approximate surface area is 195 Å². The molecule has 0 radical (unpaired) electrons. The highest BCUT2D eigenvalue weighted by atomic mass is 14.5. The summed E-state index contributed by atoms with van der Waals surface area (Å²) in [6.07, 6.45) is 0. The topological polar surface area (TPSA) is 47.6 Å². The number of hydrogen-bond donors (Lipinski definition) is 0.